The standard InChI is InChI=1S/C13H13BrO3/c1-8-3-4-17-12-9(5-8)6-10(7-11(12)14)13(15)16-2/h3,6-7H,4-5H2,1-2H3. The highest BCUT2D eigenvalue weighted by Gasteiger charge is 2.16. The van der Waals surface area contributed by atoms with E-state index in [2.05, 4.69) is 22.9 Å². The quantitative estimate of drug-likeness (QED) is 0.590. The van der Waals surface area contributed by atoms with Crippen LogP contribution in [-0.2, 0) is 11.2 Å². The summed E-state index contributed by atoms with van der Waals surface area (Å²) in [6, 6.07) is 3.56. The van der Waals surface area contributed by atoms with Gasteiger partial charge in [0.15, 0.2) is 0 Å². The van der Waals surface area contributed by atoms with Gasteiger partial charge in [-0.1, -0.05) is 5.57 Å². The van der Waals surface area contributed by atoms with Crippen LogP contribution in [0, 0.1) is 0 Å². The first kappa shape index (κ1) is 12.2. The monoisotopic (exact) mass is 296 g/mol. The second kappa shape index (κ2) is 4.92. The van der Waals surface area contributed by atoms with E-state index in [-0.39, 0.29) is 5.97 Å². The van der Waals surface area contributed by atoms with Crippen LogP contribution < -0.4 is 4.74 Å². The minimum Gasteiger partial charge on any atom is -0.488 e. The third kappa shape index (κ3) is 2.52. The highest BCUT2D eigenvalue weighted by Crippen LogP contribution is 2.34. The number of halogens is 1. The minimum absolute atomic E-state index is 0.334. The highest BCUT2D eigenvalue weighted by molar-refractivity contribution is 9.10. The van der Waals surface area contributed by atoms with E-state index in [4.69, 9.17) is 9.47 Å². The number of hydrogen-bond donors (Lipinski definition) is 0. The van der Waals surface area contributed by atoms with E-state index >= 15 is 0 Å². The molecule has 0 aliphatic carbocycles. The fourth-order valence-electron chi connectivity index (χ4n) is 1.82. The van der Waals surface area contributed by atoms with Crippen molar-refractivity contribution in [3.05, 3.63) is 39.4 Å². The molecule has 2 rings (SSSR count). The van der Waals surface area contributed by atoms with Gasteiger partial charge in [-0.2, -0.15) is 0 Å². The number of esters is 1. The molecule has 0 radical (unpaired) electrons. The molecule has 0 saturated heterocycles. The van der Waals surface area contributed by atoms with Crippen LogP contribution in [0.5, 0.6) is 5.75 Å². The Balaban J connectivity index is 2.48. The number of carbonyl (C=O) groups excluding carboxylic acids is 1. The van der Waals surface area contributed by atoms with Gasteiger partial charge in [0.2, 0.25) is 0 Å². The fraction of sp³-hybridized carbons (Fsp3) is 0.308. The second-order valence-electron chi connectivity index (χ2n) is 3.98. The van der Waals surface area contributed by atoms with Gasteiger partial charge in [0.1, 0.15) is 12.4 Å². The third-order valence-corrected chi connectivity index (χ3v) is 3.26. The Kier molecular flexibility index (Phi) is 3.52. The summed E-state index contributed by atoms with van der Waals surface area (Å²) in [7, 11) is 1.38. The lowest BCUT2D eigenvalue weighted by Gasteiger charge is -2.11. The zero-order valence-electron chi connectivity index (χ0n) is 9.75. The topological polar surface area (TPSA) is 35.5 Å². The summed E-state index contributed by atoms with van der Waals surface area (Å²) in [5.41, 5.74) is 2.78. The van der Waals surface area contributed by atoms with Crippen molar-refractivity contribution in [1.82, 2.24) is 0 Å². The predicted molar refractivity (Wildman–Crippen MR) is 68.4 cm³/mol. The Morgan fingerprint density at radius 2 is 2.24 bits per heavy atom. The normalized spacial score (nSPS) is 14.2. The first-order valence-corrected chi connectivity index (χ1v) is 6.10. The van der Waals surface area contributed by atoms with Crippen molar-refractivity contribution < 1.29 is 14.3 Å². The van der Waals surface area contributed by atoms with Crippen molar-refractivity contribution in [2.45, 2.75) is 13.3 Å². The van der Waals surface area contributed by atoms with Crippen LogP contribution in [0.25, 0.3) is 0 Å². The van der Waals surface area contributed by atoms with Crippen LogP contribution in [0.2, 0.25) is 0 Å². The lowest BCUT2D eigenvalue weighted by Crippen LogP contribution is -2.04. The average Bonchev–Trinajstić information content (AvgIpc) is 2.49. The van der Waals surface area contributed by atoms with Crippen LogP contribution in [0.1, 0.15) is 22.8 Å². The fourth-order valence-corrected chi connectivity index (χ4v) is 2.43. The molecule has 1 aliphatic heterocycles. The van der Waals surface area contributed by atoms with Gasteiger partial charge in [-0.25, -0.2) is 4.79 Å². The Morgan fingerprint density at radius 1 is 1.47 bits per heavy atom. The molecule has 1 heterocycles. The molecule has 1 aromatic carbocycles. The number of fused-ring (bicyclic) bond motifs is 1. The lowest BCUT2D eigenvalue weighted by molar-refractivity contribution is 0.0600. The Hall–Kier alpha value is -1.29. The molecule has 0 N–H and O–H groups in total. The van der Waals surface area contributed by atoms with E-state index in [1.807, 2.05) is 12.1 Å². The molecule has 1 aliphatic rings. The van der Waals surface area contributed by atoms with E-state index in [0.717, 1.165) is 22.2 Å². The molecule has 0 fully saturated rings. The number of methoxy groups -OCH3 is 1. The number of benzene rings is 1. The first-order chi connectivity index (χ1) is 8.11. The van der Waals surface area contributed by atoms with Crippen LogP contribution in [0.15, 0.2) is 28.3 Å². The molecule has 0 spiro atoms. The maximum atomic E-state index is 11.5. The molecule has 0 unspecified atom stereocenters. The number of rotatable bonds is 1. The van der Waals surface area contributed by atoms with Crippen molar-refractivity contribution in [3.8, 4) is 5.75 Å². The number of carbonyl (C=O) groups is 1. The molecular weight excluding hydrogens is 284 g/mol. The molecule has 90 valence electrons. The van der Waals surface area contributed by atoms with E-state index in [1.165, 1.54) is 12.7 Å². The van der Waals surface area contributed by atoms with Gasteiger partial charge in [-0.3, -0.25) is 0 Å². The molecule has 17 heavy (non-hydrogen) atoms. The molecule has 0 amide bonds. The zero-order chi connectivity index (χ0) is 12.4. The average molecular weight is 297 g/mol. The molecule has 3 nitrogen and oxygen atoms in total. The summed E-state index contributed by atoms with van der Waals surface area (Å²) in [5.74, 6) is 0.477. The van der Waals surface area contributed by atoms with E-state index in [0.29, 0.717) is 12.2 Å². The highest BCUT2D eigenvalue weighted by atomic mass is 79.9. The zero-order valence-corrected chi connectivity index (χ0v) is 11.3. The predicted octanol–water partition coefficient (Wildman–Crippen LogP) is 3.12. The van der Waals surface area contributed by atoms with Crippen LogP contribution in [0.3, 0.4) is 0 Å². The van der Waals surface area contributed by atoms with Gasteiger partial charge in [-0.05, 0) is 47.5 Å². The Morgan fingerprint density at radius 3 is 2.94 bits per heavy atom. The summed E-state index contributed by atoms with van der Waals surface area (Å²) in [4.78, 5) is 11.5. The maximum absolute atomic E-state index is 11.5. The van der Waals surface area contributed by atoms with Gasteiger partial charge >= 0.3 is 5.97 Å². The van der Waals surface area contributed by atoms with Crippen molar-refractivity contribution in [2.24, 2.45) is 0 Å². The van der Waals surface area contributed by atoms with Gasteiger partial charge in [0.05, 0.1) is 17.1 Å². The van der Waals surface area contributed by atoms with E-state index in [9.17, 15) is 4.79 Å². The molecular formula is C13H13BrO3. The number of allylic oxidation sites excluding steroid dienone is 1. The molecule has 1 aromatic rings. The minimum atomic E-state index is -0.334. The van der Waals surface area contributed by atoms with Gasteiger partial charge in [0.25, 0.3) is 0 Å². The Labute approximate surface area is 109 Å². The van der Waals surface area contributed by atoms with E-state index < -0.39 is 0 Å². The molecule has 0 saturated carbocycles. The summed E-state index contributed by atoms with van der Waals surface area (Å²) in [6.45, 7) is 2.62. The van der Waals surface area contributed by atoms with Gasteiger partial charge < -0.3 is 9.47 Å². The van der Waals surface area contributed by atoms with Gasteiger partial charge in [-0.15, -0.1) is 0 Å². The smallest absolute Gasteiger partial charge is 0.337 e. The maximum Gasteiger partial charge on any atom is 0.337 e. The molecule has 0 bridgehead atoms. The summed E-state index contributed by atoms with van der Waals surface area (Å²) >= 11 is 3.43. The van der Waals surface area contributed by atoms with Crippen molar-refractivity contribution in [2.75, 3.05) is 13.7 Å². The van der Waals surface area contributed by atoms with Crippen LogP contribution >= 0.6 is 15.9 Å². The second-order valence-corrected chi connectivity index (χ2v) is 4.83. The SMILES string of the molecule is COC(=O)c1cc(Br)c2c(c1)CC(C)=CCO2. The lowest BCUT2D eigenvalue weighted by atomic mass is 10.0. The summed E-state index contributed by atoms with van der Waals surface area (Å²) in [5, 5.41) is 0. The summed E-state index contributed by atoms with van der Waals surface area (Å²) < 4.78 is 11.2. The van der Waals surface area contributed by atoms with Crippen LogP contribution in [0.4, 0.5) is 0 Å². The first-order valence-electron chi connectivity index (χ1n) is 5.31. The van der Waals surface area contributed by atoms with Crippen LogP contribution in [-0.4, -0.2) is 19.7 Å². The van der Waals surface area contributed by atoms with Crippen molar-refractivity contribution in [1.29, 1.82) is 0 Å². The molecule has 4 heteroatoms. The Bertz CT molecular complexity index is 492. The summed E-state index contributed by atoms with van der Waals surface area (Å²) in [6.07, 6.45) is 2.84. The molecule has 0 atom stereocenters. The molecule has 0 aromatic heterocycles. The van der Waals surface area contributed by atoms with Gasteiger partial charge in [0, 0.05) is 5.56 Å². The number of ether oxygens (including phenoxy) is 2. The van der Waals surface area contributed by atoms with Crippen molar-refractivity contribution >= 4 is 21.9 Å². The number of hydrogen-bond acceptors (Lipinski definition) is 3. The largest absolute Gasteiger partial charge is 0.488 e. The van der Waals surface area contributed by atoms with E-state index in [1.54, 1.807) is 6.07 Å². The van der Waals surface area contributed by atoms with Crippen molar-refractivity contribution in [3.63, 3.8) is 0 Å². The third-order valence-electron chi connectivity index (χ3n) is 2.67.